The topological polar surface area (TPSA) is 49.3 Å². The molecule has 1 aliphatic rings. The predicted molar refractivity (Wildman–Crippen MR) is 68.4 cm³/mol. The lowest BCUT2D eigenvalue weighted by atomic mass is 9.83. The SMILES string of the molecule is CC1(Nc2c(F)cc(C(=O)O)cc2F)CCCCC1. The molecule has 2 rings (SSSR count). The van der Waals surface area contributed by atoms with E-state index in [0.717, 1.165) is 44.2 Å². The van der Waals surface area contributed by atoms with Crippen molar-refractivity contribution < 1.29 is 18.7 Å². The average molecular weight is 269 g/mol. The third kappa shape index (κ3) is 3.03. The number of anilines is 1. The van der Waals surface area contributed by atoms with Gasteiger partial charge in [0.25, 0.3) is 0 Å². The Morgan fingerprint density at radius 3 is 2.21 bits per heavy atom. The van der Waals surface area contributed by atoms with Crippen molar-refractivity contribution in [1.82, 2.24) is 0 Å². The highest BCUT2D eigenvalue weighted by molar-refractivity contribution is 5.88. The number of nitrogens with one attached hydrogen (secondary N) is 1. The highest BCUT2D eigenvalue weighted by Gasteiger charge is 2.29. The van der Waals surface area contributed by atoms with Crippen LogP contribution in [0.1, 0.15) is 49.4 Å². The Morgan fingerprint density at radius 1 is 1.21 bits per heavy atom. The molecule has 0 aromatic heterocycles. The molecule has 1 aromatic carbocycles. The summed E-state index contributed by atoms with van der Waals surface area (Å²) in [5.41, 5.74) is -0.936. The van der Waals surface area contributed by atoms with Crippen molar-refractivity contribution in [2.45, 2.75) is 44.6 Å². The minimum atomic E-state index is -1.34. The van der Waals surface area contributed by atoms with E-state index in [1.54, 1.807) is 0 Å². The lowest BCUT2D eigenvalue weighted by molar-refractivity contribution is 0.0696. The molecule has 0 bridgehead atoms. The van der Waals surface area contributed by atoms with Crippen LogP contribution in [0.2, 0.25) is 0 Å². The summed E-state index contributed by atoms with van der Waals surface area (Å²) in [6.45, 7) is 1.94. The van der Waals surface area contributed by atoms with E-state index in [1.165, 1.54) is 0 Å². The second kappa shape index (κ2) is 5.15. The number of hydrogen-bond donors (Lipinski definition) is 2. The van der Waals surface area contributed by atoms with E-state index in [9.17, 15) is 13.6 Å². The van der Waals surface area contributed by atoms with Crippen molar-refractivity contribution in [2.75, 3.05) is 5.32 Å². The fraction of sp³-hybridized carbons (Fsp3) is 0.500. The lowest BCUT2D eigenvalue weighted by Crippen LogP contribution is -2.37. The van der Waals surface area contributed by atoms with E-state index in [1.807, 2.05) is 6.92 Å². The first-order chi connectivity index (χ1) is 8.91. The molecule has 5 heteroatoms. The third-order valence-electron chi connectivity index (χ3n) is 3.67. The average Bonchev–Trinajstić information content (AvgIpc) is 2.34. The maximum absolute atomic E-state index is 13.8. The van der Waals surface area contributed by atoms with Crippen LogP contribution in [0.15, 0.2) is 12.1 Å². The van der Waals surface area contributed by atoms with Gasteiger partial charge in [0, 0.05) is 5.54 Å². The minimum Gasteiger partial charge on any atom is -0.478 e. The Hall–Kier alpha value is -1.65. The van der Waals surface area contributed by atoms with Gasteiger partial charge in [-0.25, -0.2) is 13.6 Å². The monoisotopic (exact) mass is 269 g/mol. The first kappa shape index (κ1) is 13.8. The van der Waals surface area contributed by atoms with Gasteiger partial charge in [-0.1, -0.05) is 19.3 Å². The fourth-order valence-corrected chi connectivity index (χ4v) is 2.57. The van der Waals surface area contributed by atoms with Crippen LogP contribution >= 0.6 is 0 Å². The number of aromatic carboxylic acids is 1. The van der Waals surface area contributed by atoms with E-state index in [4.69, 9.17) is 5.11 Å². The zero-order valence-electron chi connectivity index (χ0n) is 10.8. The Labute approximate surface area is 110 Å². The normalized spacial score (nSPS) is 18.1. The molecule has 0 heterocycles. The molecular weight excluding hydrogens is 252 g/mol. The van der Waals surface area contributed by atoms with Gasteiger partial charge in [-0.2, -0.15) is 0 Å². The summed E-state index contributed by atoms with van der Waals surface area (Å²) in [6, 6.07) is 1.69. The molecule has 1 aliphatic carbocycles. The number of carboxylic acid groups (broad SMARTS) is 1. The van der Waals surface area contributed by atoms with Gasteiger partial charge < -0.3 is 10.4 Å². The van der Waals surface area contributed by atoms with Crippen molar-refractivity contribution in [1.29, 1.82) is 0 Å². The predicted octanol–water partition coefficient (Wildman–Crippen LogP) is 3.80. The first-order valence-corrected chi connectivity index (χ1v) is 6.42. The molecule has 0 amide bonds. The zero-order valence-corrected chi connectivity index (χ0v) is 10.8. The summed E-state index contributed by atoms with van der Waals surface area (Å²) in [7, 11) is 0. The van der Waals surface area contributed by atoms with Crippen LogP contribution in [0.3, 0.4) is 0 Å². The van der Waals surface area contributed by atoms with Crippen molar-refractivity contribution in [3.8, 4) is 0 Å². The second-order valence-electron chi connectivity index (χ2n) is 5.37. The van der Waals surface area contributed by atoms with Crippen molar-refractivity contribution in [3.63, 3.8) is 0 Å². The molecule has 1 fully saturated rings. The highest BCUT2D eigenvalue weighted by atomic mass is 19.1. The summed E-state index contributed by atoms with van der Waals surface area (Å²) in [5, 5.41) is 11.7. The zero-order chi connectivity index (χ0) is 14.0. The van der Waals surface area contributed by atoms with Crippen LogP contribution in [-0.2, 0) is 0 Å². The van der Waals surface area contributed by atoms with Crippen LogP contribution in [0, 0.1) is 11.6 Å². The van der Waals surface area contributed by atoms with Crippen LogP contribution < -0.4 is 5.32 Å². The maximum Gasteiger partial charge on any atom is 0.335 e. The lowest BCUT2D eigenvalue weighted by Gasteiger charge is -2.35. The van der Waals surface area contributed by atoms with Gasteiger partial charge in [0.1, 0.15) is 17.3 Å². The van der Waals surface area contributed by atoms with Gasteiger partial charge in [-0.15, -0.1) is 0 Å². The molecule has 1 saturated carbocycles. The Morgan fingerprint density at radius 2 is 1.74 bits per heavy atom. The van der Waals surface area contributed by atoms with Crippen molar-refractivity contribution in [2.24, 2.45) is 0 Å². The largest absolute Gasteiger partial charge is 0.478 e. The second-order valence-corrected chi connectivity index (χ2v) is 5.37. The number of carbonyl (C=O) groups is 1. The van der Waals surface area contributed by atoms with Gasteiger partial charge in [-0.05, 0) is 31.9 Å². The molecule has 2 N–H and O–H groups in total. The van der Waals surface area contributed by atoms with Crippen LogP contribution in [-0.4, -0.2) is 16.6 Å². The van der Waals surface area contributed by atoms with Gasteiger partial charge in [0.15, 0.2) is 0 Å². The Bertz CT molecular complexity index is 473. The van der Waals surface area contributed by atoms with Crippen LogP contribution in [0.25, 0.3) is 0 Å². The standard InChI is InChI=1S/C14H17F2NO2/c1-14(5-3-2-4-6-14)17-12-10(15)7-9(13(18)19)8-11(12)16/h7-8,17H,2-6H2,1H3,(H,18,19). The van der Waals surface area contributed by atoms with Gasteiger partial charge in [0.05, 0.1) is 5.56 Å². The fourth-order valence-electron chi connectivity index (χ4n) is 2.57. The van der Waals surface area contributed by atoms with Crippen LogP contribution in [0.4, 0.5) is 14.5 Å². The number of benzene rings is 1. The molecule has 3 nitrogen and oxygen atoms in total. The molecular formula is C14H17F2NO2. The summed E-state index contributed by atoms with van der Waals surface area (Å²) in [5.74, 6) is -3.05. The molecule has 0 spiro atoms. The van der Waals surface area contributed by atoms with Gasteiger partial charge in [0.2, 0.25) is 0 Å². The first-order valence-electron chi connectivity index (χ1n) is 6.42. The highest BCUT2D eigenvalue weighted by Crippen LogP contribution is 2.33. The summed E-state index contributed by atoms with van der Waals surface area (Å²) in [4.78, 5) is 10.7. The smallest absolute Gasteiger partial charge is 0.335 e. The van der Waals surface area contributed by atoms with Gasteiger partial charge in [-0.3, -0.25) is 0 Å². The van der Waals surface area contributed by atoms with Crippen LogP contribution in [0.5, 0.6) is 0 Å². The van der Waals surface area contributed by atoms with Crippen molar-refractivity contribution in [3.05, 3.63) is 29.3 Å². The molecule has 104 valence electrons. The molecule has 0 unspecified atom stereocenters. The molecule has 0 radical (unpaired) electrons. The quantitative estimate of drug-likeness (QED) is 0.877. The molecule has 0 atom stereocenters. The van der Waals surface area contributed by atoms with E-state index in [-0.39, 0.29) is 16.8 Å². The number of carboxylic acids is 1. The third-order valence-corrected chi connectivity index (χ3v) is 3.67. The minimum absolute atomic E-state index is 0.227. The number of halogens is 2. The van der Waals surface area contributed by atoms with Gasteiger partial charge >= 0.3 is 5.97 Å². The van der Waals surface area contributed by atoms with E-state index >= 15 is 0 Å². The molecule has 19 heavy (non-hydrogen) atoms. The Kier molecular flexibility index (Phi) is 3.73. The van der Waals surface area contributed by atoms with E-state index in [0.29, 0.717) is 0 Å². The van der Waals surface area contributed by atoms with E-state index < -0.39 is 17.6 Å². The summed E-state index contributed by atoms with van der Waals surface area (Å²) in [6.07, 6.45) is 4.90. The maximum atomic E-state index is 13.8. The molecule has 0 saturated heterocycles. The number of rotatable bonds is 3. The molecule has 0 aliphatic heterocycles. The summed E-state index contributed by atoms with van der Waals surface area (Å²) < 4.78 is 27.7. The van der Waals surface area contributed by atoms with Crippen molar-refractivity contribution >= 4 is 11.7 Å². The van der Waals surface area contributed by atoms with E-state index in [2.05, 4.69) is 5.32 Å². The molecule has 1 aromatic rings. The number of hydrogen-bond acceptors (Lipinski definition) is 2. The Balaban J connectivity index is 2.27. The summed E-state index contributed by atoms with van der Waals surface area (Å²) >= 11 is 0.